The summed E-state index contributed by atoms with van der Waals surface area (Å²) in [6.45, 7) is 0. The van der Waals surface area contributed by atoms with Crippen molar-refractivity contribution in [2.75, 3.05) is 7.11 Å². The van der Waals surface area contributed by atoms with Gasteiger partial charge in [0, 0.05) is 11.5 Å². The van der Waals surface area contributed by atoms with E-state index in [-0.39, 0.29) is 5.92 Å². The molecular weight excluding hydrogens is 539 g/mol. The van der Waals surface area contributed by atoms with Gasteiger partial charge in [0.2, 0.25) is 5.88 Å². The maximum atomic E-state index is 6.43. The first kappa shape index (κ1) is 23.4. The zero-order valence-electron chi connectivity index (χ0n) is 21.3. The van der Waals surface area contributed by atoms with Gasteiger partial charge >= 0.3 is 0 Å². The lowest BCUT2D eigenvalue weighted by atomic mass is 9.81. The zero-order chi connectivity index (χ0) is 26.6. The van der Waals surface area contributed by atoms with E-state index in [1.54, 1.807) is 41.1 Å². The van der Waals surface area contributed by atoms with E-state index in [1.807, 2.05) is 36.4 Å². The Hall–Kier alpha value is -4.47. The molecular formula is C31H21N5O2S2. The van der Waals surface area contributed by atoms with Crippen molar-refractivity contribution in [3.05, 3.63) is 114 Å². The molecule has 0 saturated heterocycles. The van der Waals surface area contributed by atoms with Crippen molar-refractivity contribution in [3.63, 3.8) is 0 Å². The number of benzene rings is 4. The molecule has 0 radical (unpaired) electrons. The monoisotopic (exact) mass is 559 g/mol. The Balaban J connectivity index is 1.26. The first-order chi connectivity index (χ1) is 19.7. The molecule has 1 aliphatic rings. The molecule has 1 aliphatic heterocycles. The minimum Gasteiger partial charge on any atom is -0.497 e. The Morgan fingerprint density at radius 2 is 1.77 bits per heavy atom. The van der Waals surface area contributed by atoms with Crippen LogP contribution in [0.4, 0.5) is 0 Å². The first-order valence-electron chi connectivity index (χ1n) is 12.8. The van der Waals surface area contributed by atoms with E-state index >= 15 is 0 Å². The highest BCUT2D eigenvalue weighted by Gasteiger charge is 2.34. The van der Waals surface area contributed by atoms with Gasteiger partial charge in [-0.1, -0.05) is 66.4 Å². The van der Waals surface area contributed by atoms with Crippen molar-refractivity contribution in [1.82, 2.24) is 24.6 Å². The number of aromatic nitrogens is 5. The molecule has 1 atom stereocenters. The molecule has 194 valence electrons. The molecule has 0 amide bonds. The molecule has 0 N–H and O–H groups in total. The van der Waals surface area contributed by atoms with Gasteiger partial charge in [-0.15, -0.1) is 16.4 Å². The molecule has 0 spiro atoms. The minimum atomic E-state index is -0.152. The van der Waals surface area contributed by atoms with Crippen LogP contribution in [-0.4, -0.2) is 31.7 Å². The number of hydrogen-bond acceptors (Lipinski definition) is 8. The second kappa shape index (κ2) is 9.32. The largest absolute Gasteiger partial charge is 0.497 e. The van der Waals surface area contributed by atoms with Crippen LogP contribution in [0.25, 0.3) is 26.6 Å². The van der Waals surface area contributed by atoms with Crippen LogP contribution in [0.2, 0.25) is 0 Å². The van der Waals surface area contributed by atoms with Crippen molar-refractivity contribution < 1.29 is 9.47 Å². The summed E-state index contributed by atoms with van der Waals surface area (Å²) in [6, 6.07) is 28.9. The van der Waals surface area contributed by atoms with Gasteiger partial charge in [0.25, 0.3) is 0 Å². The summed E-state index contributed by atoms with van der Waals surface area (Å²) < 4.78 is 15.8. The Morgan fingerprint density at radius 1 is 0.925 bits per heavy atom. The molecule has 40 heavy (non-hydrogen) atoms. The van der Waals surface area contributed by atoms with Crippen LogP contribution in [0.5, 0.6) is 17.4 Å². The van der Waals surface area contributed by atoms with Crippen LogP contribution in [0.15, 0.2) is 95.6 Å². The van der Waals surface area contributed by atoms with E-state index in [0.29, 0.717) is 11.6 Å². The summed E-state index contributed by atoms with van der Waals surface area (Å²) in [4.78, 5) is 14.5. The highest BCUT2D eigenvalue weighted by molar-refractivity contribution is 8.00. The van der Waals surface area contributed by atoms with Gasteiger partial charge < -0.3 is 9.47 Å². The van der Waals surface area contributed by atoms with Crippen LogP contribution in [-0.2, 0) is 5.75 Å². The minimum absolute atomic E-state index is 0.152. The summed E-state index contributed by atoms with van der Waals surface area (Å²) in [6.07, 6.45) is 1.68. The fraction of sp³-hybridized carbons (Fsp3) is 0.0968. The Kier molecular flexibility index (Phi) is 5.46. The van der Waals surface area contributed by atoms with Crippen LogP contribution in [0.3, 0.4) is 0 Å². The number of nitrogens with zero attached hydrogens (tertiary/aromatic N) is 5. The number of methoxy groups -OCH3 is 1. The molecule has 3 aromatic heterocycles. The summed E-state index contributed by atoms with van der Waals surface area (Å²) in [7, 11) is 1.68. The molecule has 4 heterocycles. The van der Waals surface area contributed by atoms with Gasteiger partial charge in [0.15, 0.2) is 15.8 Å². The van der Waals surface area contributed by atoms with Crippen molar-refractivity contribution in [1.29, 1.82) is 0 Å². The van der Waals surface area contributed by atoms with Gasteiger partial charge in [-0.25, -0.2) is 19.5 Å². The molecule has 0 aliphatic carbocycles. The third kappa shape index (κ3) is 3.81. The molecule has 9 heteroatoms. The van der Waals surface area contributed by atoms with E-state index in [4.69, 9.17) is 29.5 Å². The van der Waals surface area contributed by atoms with Crippen molar-refractivity contribution >= 4 is 49.7 Å². The SMILES string of the molecule is COc1ccc([C@H]2c3c(ccc4ccccc34)Oc3ncn4nc(CSc5nc6ccccc6s5)nc4c32)cc1. The highest BCUT2D eigenvalue weighted by Crippen LogP contribution is 2.50. The van der Waals surface area contributed by atoms with Gasteiger partial charge in [0.1, 0.15) is 17.8 Å². The van der Waals surface area contributed by atoms with Gasteiger partial charge in [-0.3, -0.25) is 0 Å². The van der Waals surface area contributed by atoms with Crippen LogP contribution >= 0.6 is 23.1 Å². The predicted molar refractivity (Wildman–Crippen MR) is 158 cm³/mol. The third-order valence-corrected chi connectivity index (χ3v) is 9.37. The van der Waals surface area contributed by atoms with E-state index in [2.05, 4.69) is 48.5 Å². The zero-order valence-corrected chi connectivity index (χ0v) is 22.9. The Morgan fingerprint density at radius 3 is 2.65 bits per heavy atom. The van der Waals surface area contributed by atoms with Gasteiger partial charge in [0.05, 0.1) is 28.6 Å². The summed E-state index contributed by atoms with van der Waals surface area (Å²) in [5.74, 6) is 3.33. The molecule has 4 aromatic carbocycles. The van der Waals surface area contributed by atoms with Crippen molar-refractivity contribution in [3.8, 4) is 17.4 Å². The Labute approximate surface area is 237 Å². The van der Waals surface area contributed by atoms with Crippen LogP contribution < -0.4 is 9.47 Å². The summed E-state index contributed by atoms with van der Waals surface area (Å²) in [5, 5.41) is 7.08. The topological polar surface area (TPSA) is 74.4 Å². The standard InChI is InChI=1S/C31H21N5O2S2/c1-37-20-13-10-19(11-14-20)26-27-21-7-3-2-6-18(21)12-15-23(27)38-30-28(26)29-34-25(35-36(29)17-32-30)16-39-31-33-22-8-4-5-9-24(22)40-31/h2-15,17,26H,16H2,1H3/t26-/m0/s1. The number of fused-ring (bicyclic) bond motifs is 7. The Bertz CT molecular complexity index is 2020. The van der Waals surface area contributed by atoms with Gasteiger partial charge in [-0.2, -0.15) is 0 Å². The second-order valence-corrected chi connectivity index (χ2v) is 11.8. The number of thioether (sulfide) groups is 1. The molecule has 0 saturated carbocycles. The average molecular weight is 560 g/mol. The molecule has 8 rings (SSSR count). The average Bonchev–Trinajstić information content (AvgIpc) is 3.62. The summed E-state index contributed by atoms with van der Waals surface area (Å²) in [5.41, 5.74) is 4.86. The van der Waals surface area contributed by atoms with E-state index in [1.165, 1.54) is 4.70 Å². The van der Waals surface area contributed by atoms with Gasteiger partial charge in [-0.05, 0) is 46.7 Å². The van der Waals surface area contributed by atoms with Crippen LogP contribution in [0, 0.1) is 0 Å². The normalized spacial score (nSPS) is 14.3. The van der Waals surface area contributed by atoms with Crippen molar-refractivity contribution in [2.24, 2.45) is 0 Å². The summed E-state index contributed by atoms with van der Waals surface area (Å²) >= 11 is 3.33. The molecule has 0 unspecified atom stereocenters. The maximum absolute atomic E-state index is 6.43. The number of hydrogen-bond donors (Lipinski definition) is 0. The lowest BCUT2D eigenvalue weighted by Gasteiger charge is -2.29. The third-order valence-electron chi connectivity index (χ3n) is 7.19. The van der Waals surface area contributed by atoms with Crippen LogP contribution in [0.1, 0.15) is 28.4 Å². The lowest BCUT2D eigenvalue weighted by Crippen LogP contribution is -2.15. The number of thiazole rings is 1. The fourth-order valence-corrected chi connectivity index (χ4v) is 7.30. The molecule has 0 fully saturated rings. The highest BCUT2D eigenvalue weighted by atomic mass is 32.2. The van der Waals surface area contributed by atoms with E-state index in [9.17, 15) is 0 Å². The van der Waals surface area contributed by atoms with Crippen molar-refractivity contribution in [2.45, 2.75) is 16.0 Å². The number of para-hydroxylation sites is 1. The lowest BCUT2D eigenvalue weighted by molar-refractivity contribution is 0.414. The van der Waals surface area contributed by atoms with E-state index in [0.717, 1.165) is 60.3 Å². The molecule has 7 nitrogen and oxygen atoms in total. The maximum Gasteiger partial charge on any atom is 0.228 e. The smallest absolute Gasteiger partial charge is 0.228 e. The molecule has 7 aromatic rings. The predicted octanol–water partition coefficient (Wildman–Crippen LogP) is 7.47. The van der Waals surface area contributed by atoms with E-state index < -0.39 is 0 Å². The number of ether oxygens (including phenoxy) is 2. The number of rotatable bonds is 5. The fourth-order valence-electron chi connectivity index (χ4n) is 5.38. The quantitative estimate of drug-likeness (QED) is 0.202. The molecule has 0 bridgehead atoms. The first-order valence-corrected chi connectivity index (χ1v) is 14.6. The second-order valence-electron chi connectivity index (χ2n) is 9.50.